The molecule has 0 saturated carbocycles. The lowest BCUT2D eigenvalue weighted by molar-refractivity contribution is -0.0947. The summed E-state index contributed by atoms with van der Waals surface area (Å²) < 4.78 is 22.2. The number of hydrogen-bond acceptors (Lipinski definition) is 8. The van der Waals surface area contributed by atoms with Crippen molar-refractivity contribution in [3.05, 3.63) is 18.6 Å². The molecule has 1 fully saturated rings. The molecule has 12 heteroatoms. The van der Waals surface area contributed by atoms with Crippen LogP contribution in [0.15, 0.2) is 18.6 Å². The second kappa shape index (κ2) is 5.74. The number of nitrogen functional groups attached to an aromatic ring is 1. The van der Waals surface area contributed by atoms with E-state index in [9.17, 15) is 14.8 Å². The summed E-state index contributed by atoms with van der Waals surface area (Å²) in [4.78, 5) is 25.5. The molecule has 1 aliphatic rings. The van der Waals surface area contributed by atoms with Crippen LogP contribution in [0, 0.1) is 0 Å². The lowest BCUT2D eigenvalue weighted by Crippen LogP contribution is -2.44. The molecule has 3 heterocycles. The number of phosphoric acid groups is 1. The Morgan fingerprint density at radius 3 is 2.88 bits per heavy atom. The largest absolute Gasteiger partial charge is 0.469 e. The number of nitrogens with two attached hydrogens (primary N) is 1. The van der Waals surface area contributed by atoms with Gasteiger partial charge in [0.05, 0.1) is 12.0 Å². The Bertz CT molecular complexity index is 804. The summed E-state index contributed by atoms with van der Waals surface area (Å²) in [6.07, 6.45) is -0.833. The maximum atomic E-state index is 10.8. The molecule has 4 unspecified atom stereocenters. The summed E-state index contributed by atoms with van der Waals surface area (Å²) in [5, 5.41) is 21.4. The molecular weight excluding hydrogens is 343 g/mol. The van der Waals surface area contributed by atoms with E-state index in [1.807, 2.05) is 0 Å². The molecule has 0 aliphatic carbocycles. The molecule has 2 aromatic rings. The van der Waals surface area contributed by atoms with Gasteiger partial charge in [0.2, 0.25) is 0 Å². The van der Waals surface area contributed by atoms with Crippen molar-refractivity contribution in [1.29, 1.82) is 0 Å². The maximum absolute atomic E-state index is 10.8. The van der Waals surface area contributed by atoms with Gasteiger partial charge in [-0.3, -0.25) is 4.52 Å². The highest BCUT2D eigenvalue weighted by Gasteiger charge is 2.53. The van der Waals surface area contributed by atoms with Crippen LogP contribution in [-0.2, 0) is 13.8 Å². The van der Waals surface area contributed by atoms with Crippen molar-refractivity contribution in [3.63, 3.8) is 0 Å². The molecule has 3 rings (SSSR count). The molecule has 11 nitrogen and oxygen atoms in total. The van der Waals surface area contributed by atoms with Crippen molar-refractivity contribution >= 4 is 24.7 Å². The van der Waals surface area contributed by atoms with Gasteiger partial charge in [-0.15, -0.1) is 0 Å². The number of aliphatic hydroxyl groups excluding tert-OH is 1. The van der Waals surface area contributed by atoms with Gasteiger partial charge < -0.3 is 35.0 Å². The number of aliphatic hydroxyl groups is 2. The standard InChI is InChI=1S/C12H17N4O7P/c1-12(18)8(17)7(4-22-24(19,20)21)23-11(12)16-3-2-6-9(13)14-5-15-10(6)16/h2-3,5,7-8,11,17-18H,4H2,1H3,(H2,13,14,15)(H2,19,20,21). The first-order valence-electron chi connectivity index (χ1n) is 6.94. The van der Waals surface area contributed by atoms with E-state index in [4.69, 9.17) is 20.3 Å². The van der Waals surface area contributed by atoms with Gasteiger partial charge in [0.1, 0.15) is 35.6 Å². The Morgan fingerprint density at radius 1 is 1.50 bits per heavy atom. The molecule has 0 bridgehead atoms. The Labute approximate surface area is 135 Å². The van der Waals surface area contributed by atoms with Crippen LogP contribution in [-0.4, -0.2) is 59.0 Å². The van der Waals surface area contributed by atoms with Crippen LogP contribution in [0.4, 0.5) is 5.82 Å². The normalized spacial score (nSPS) is 31.0. The van der Waals surface area contributed by atoms with E-state index in [0.29, 0.717) is 11.0 Å². The van der Waals surface area contributed by atoms with Crippen molar-refractivity contribution in [2.24, 2.45) is 0 Å². The van der Waals surface area contributed by atoms with Crippen LogP contribution in [0.1, 0.15) is 13.2 Å². The second-order valence-corrected chi connectivity index (χ2v) is 6.94. The molecule has 132 valence electrons. The predicted octanol–water partition coefficient (Wildman–Crippen LogP) is -0.868. The number of hydrogen-bond donors (Lipinski definition) is 5. The fourth-order valence-electron chi connectivity index (χ4n) is 2.73. The van der Waals surface area contributed by atoms with Crippen LogP contribution in [0.3, 0.4) is 0 Å². The molecule has 1 aliphatic heterocycles. The number of fused-ring (bicyclic) bond motifs is 1. The quantitative estimate of drug-likeness (QED) is 0.431. The van der Waals surface area contributed by atoms with Gasteiger partial charge in [-0.1, -0.05) is 0 Å². The van der Waals surface area contributed by atoms with Gasteiger partial charge >= 0.3 is 7.82 Å². The lowest BCUT2D eigenvalue weighted by Gasteiger charge is -2.27. The molecular formula is C12H17N4O7P. The monoisotopic (exact) mass is 360 g/mol. The first-order valence-corrected chi connectivity index (χ1v) is 8.47. The van der Waals surface area contributed by atoms with Crippen LogP contribution >= 0.6 is 7.82 Å². The van der Waals surface area contributed by atoms with E-state index in [1.54, 1.807) is 12.3 Å². The molecule has 1 saturated heterocycles. The molecule has 0 amide bonds. The number of aromatic nitrogens is 3. The van der Waals surface area contributed by atoms with Gasteiger partial charge in [0.15, 0.2) is 6.23 Å². The summed E-state index contributed by atoms with van der Waals surface area (Å²) in [5.74, 6) is 0.248. The van der Waals surface area contributed by atoms with Gasteiger partial charge in [-0.2, -0.15) is 0 Å². The first kappa shape index (κ1) is 17.2. The van der Waals surface area contributed by atoms with Gasteiger partial charge in [0, 0.05) is 6.20 Å². The Balaban J connectivity index is 1.92. The van der Waals surface area contributed by atoms with E-state index in [2.05, 4.69) is 14.5 Å². The number of rotatable bonds is 4. The van der Waals surface area contributed by atoms with Crippen LogP contribution in [0.5, 0.6) is 0 Å². The number of phosphoric ester groups is 1. The summed E-state index contributed by atoms with van der Waals surface area (Å²) in [7, 11) is -4.73. The molecule has 0 aromatic carbocycles. The molecule has 6 N–H and O–H groups in total. The average molecular weight is 360 g/mol. The number of nitrogens with zero attached hydrogens (tertiary/aromatic N) is 3. The zero-order chi connectivity index (χ0) is 17.7. The summed E-state index contributed by atoms with van der Waals surface area (Å²) in [5.41, 5.74) is 4.39. The summed E-state index contributed by atoms with van der Waals surface area (Å²) in [6, 6.07) is 1.63. The molecule has 0 spiro atoms. The minimum Gasteiger partial charge on any atom is -0.387 e. The molecule has 4 atom stereocenters. The van der Waals surface area contributed by atoms with Crippen LogP contribution < -0.4 is 5.73 Å². The zero-order valence-corrected chi connectivity index (χ0v) is 13.4. The summed E-state index contributed by atoms with van der Waals surface area (Å²) >= 11 is 0. The van der Waals surface area contributed by atoms with Gasteiger partial charge in [0.25, 0.3) is 0 Å². The maximum Gasteiger partial charge on any atom is 0.469 e. The van der Waals surface area contributed by atoms with Crippen LogP contribution in [0.25, 0.3) is 11.0 Å². The third-order valence-corrected chi connectivity index (χ3v) is 4.44. The van der Waals surface area contributed by atoms with E-state index in [0.717, 1.165) is 0 Å². The Kier molecular flexibility index (Phi) is 4.12. The SMILES string of the molecule is CC1(O)C(O)C(COP(=O)(O)O)OC1n1ccc2c(N)ncnc21. The van der Waals surface area contributed by atoms with Crippen LogP contribution in [0.2, 0.25) is 0 Å². The lowest BCUT2D eigenvalue weighted by atomic mass is 9.96. The number of ether oxygens (including phenoxy) is 1. The fraction of sp³-hybridized carbons (Fsp3) is 0.500. The Morgan fingerprint density at radius 2 is 2.21 bits per heavy atom. The molecule has 0 radical (unpaired) electrons. The van der Waals surface area contributed by atoms with Crippen molar-refractivity contribution in [1.82, 2.24) is 14.5 Å². The molecule has 2 aromatic heterocycles. The topological polar surface area (TPSA) is 173 Å². The van der Waals surface area contributed by atoms with Crippen molar-refractivity contribution < 1.29 is 33.8 Å². The van der Waals surface area contributed by atoms with E-state index < -0.39 is 38.5 Å². The number of anilines is 1. The highest BCUT2D eigenvalue weighted by atomic mass is 31.2. The van der Waals surface area contributed by atoms with E-state index >= 15 is 0 Å². The summed E-state index contributed by atoms with van der Waals surface area (Å²) in [6.45, 7) is 0.755. The second-order valence-electron chi connectivity index (χ2n) is 5.70. The third-order valence-electron chi connectivity index (χ3n) is 3.95. The third kappa shape index (κ3) is 2.91. The first-order chi connectivity index (χ1) is 11.1. The predicted molar refractivity (Wildman–Crippen MR) is 80.5 cm³/mol. The van der Waals surface area contributed by atoms with Gasteiger partial charge in [-0.05, 0) is 13.0 Å². The zero-order valence-electron chi connectivity index (χ0n) is 12.6. The van der Waals surface area contributed by atoms with Crippen molar-refractivity contribution in [3.8, 4) is 0 Å². The highest BCUT2D eigenvalue weighted by Crippen LogP contribution is 2.42. The smallest absolute Gasteiger partial charge is 0.387 e. The van der Waals surface area contributed by atoms with Gasteiger partial charge in [-0.25, -0.2) is 14.5 Å². The highest BCUT2D eigenvalue weighted by molar-refractivity contribution is 7.46. The Hall–Kier alpha value is -1.59. The molecule has 24 heavy (non-hydrogen) atoms. The minimum absolute atomic E-state index is 0.248. The van der Waals surface area contributed by atoms with Crippen molar-refractivity contribution in [2.45, 2.75) is 31.0 Å². The van der Waals surface area contributed by atoms with Crippen molar-refractivity contribution in [2.75, 3.05) is 12.3 Å². The van der Waals surface area contributed by atoms with E-state index in [-0.39, 0.29) is 5.82 Å². The van der Waals surface area contributed by atoms with E-state index in [1.165, 1.54) is 17.8 Å². The minimum atomic E-state index is -4.73. The average Bonchev–Trinajstić information content (AvgIpc) is 2.99. The fourth-order valence-corrected chi connectivity index (χ4v) is 3.07.